The van der Waals surface area contributed by atoms with Gasteiger partial charge in [-0.05, 0) is 18.8 Å². The fourth-order valence-corrected chi connectivity index (χ4v) is 3.73. The second kappa shape index (κ2) is 13.1. The third-order valence-electron chi connectivity index (χ3n) is 5.24. The van der Waals surface area contributed by atoms with Crippen LogP contribution in [0.2, 0.25) is 0 Å². The van der Waals surface area contributed by atoms with Gasteiger partial charge in [0.1, 0.15) is 0 Å². The van der Waals surface area contributed by atoms with Crippen molar-refractivity contribution >= 4 is 17.6 Å². The zero-order chi connectivity index (χ0) is 19.4. The maximum atomic E-state index is 12.4. The molecule has 0 bridgehead atoms. The highest BCUT2D eigenvalue weighted by molar-refractivity contribution is 6.14. The van der Waals surface area contributed by atoms with Crippen LogP contribution in [-0.2, 0) is 14.4 Å². The third kappa shape index (κ3) is 8.46. The van der Waals surface area contributed by atoms with Crippen LogP contribution < -0.4 is 0 Å². The summed E-state index contributed by atoms with van der Waals surface area (Å²) >= 11 is 0. The van der Waals surface area contributed by atoms with Crippen molar-refractivity contribution in [1.82, 2.24) is 4.90 Å². The van der Waals surface area contributed by atoms with E-state index >= 15 is 0 Å². The van der Waals surface area contributed by atoms with Crippen LogP contribution in [0.3, 0.4) is 0 Å². The van der Waals surface area contributed by atoms with E-state index in [1.54, 1.807) is 0 Å². The second-order valence-corrected chi connectivity index (χ2v) is 8.23. The molecule has 1 fully saturated rings. The molecule has 4 nitrogen and oxygen atoms in total. The van der Waals surface area contributed by atoms with Gasteiger partial charge in [-0.15, -0.1) is 0 Å². The summed E-state index contributed by atoms with van der Waals surface area (Å²) in [6.45, 7) is 6.28. The van der Waals surface area contributed by atoms with Gasteiger partial charge in [0, 0.05) is 6.42 Å². The molecule has 1 aliphatic heterocycles. The molecule has 0 aromatic heterocycles. The van der Waals surface area contributed by atoms with Crippen molar-refractivity contribution in [3.63, 3.8) is 0 Å². The summed E-state index contributed by atoms with van der Waals surface area (Å²) in [7, 11) is 0. The van der Waals surface area contributed by atoms with Crippen LogP contribution in [0.15, 0.2) is 0 Å². The first-order chi connectivity index (χ1) is 12.5. The highest BCUT2D eigenvalue weighted by Crippen LogP contribution is 2.23. The van der Waals surface area contributed by atoms with Crippen molar-refractivity contribution in [2.75, 3.05) is 0 Å². The van der Waals surface area contributed by atoms with Crippen LogP contribution in [0.5, 0.6) is 0 Å². The van der Waals surface area contributed by atoms with Crippen LogP contribution in [-0.4, -0.2) is 28.5 Å². The van der Waals surface area contributed by atoms with E-state index < -0.39 is 6.04 Å². The standard InChI is InChI=1S/C22H39NO3/c1-4-5-6-7-8-9-10-11-12-13-14-15-21(25)23-19(16-18(2)3)20(24)17-22(23)26/h18-19H,4-17H2,1-3H3. The Balaban J connectivity index is 2.14. The van der Waals surface area contributed by atoms with E-state index in [-0.39, 0.29) is 24.0 Å². The number of hydrogen-bond donors (Lipinski definition) is 0. The molecule has 4 heteroatoms. The lowest BCUT2D eigenvalue weighted by atomic mass is 10.0. The quantitative estimate of drug-likeness (QED) is 0.305. The Morgan fingerprint density at radius 3 is 1.92 bits per heavy atom. The van der Waals surface area contributed by atoms with E-state index in [1.165, 1.54) is 56.3 Å². The third-order valence-corrected chi connectivity index (χ3v) is 5.24. The largest absolute Gasteiger partial charge is 0.297 e. The average Bonchev–Trinajstić information content (AvgIpc) is 2.85. The van der Waals surface area contributed by atoms with Crippen molar-refractivity contribution in [1.29, 1.82) is 0 Å². The van der Waals surface area contributed by atoms with Crippen LogP contribution in [0.1, 0.15) is 111 Å². The minimum Gasteiger partial charge on any atom is -0.297 e. The number of carbonyl (C=O) groups is 3. The van der Waals surface area contributed by atoms with Crippen molar-refractivity contribution in [2.45, 2.75) is 117 Å². The summed E-state index contributed by atoms with van der Waals surface area (Å²) in [6.07, 6.45) is 14.5. The minimum absolute atomic E-state index is 0.0870. The molecule has 0 saturated carbocycles. The number of carbonyl (C=O) groups excluding carboxylic acids is 3. The first-order valence-electron chi connectivity index (χ1n) is 10.8. The molecule has 26 heavy (non-hydrogen) atoms. The number of nitrogens with zero attached hydrogens (tertiary/aromatic N) is 1. The van der Waals surface area contributed by atoms with Crippen molar-refractivity contribution in [3.8, 4) is 0 Å². The predicted octanol–water partition coefficient (Wildman–Crippen LogP) is 5.43. The van der Waals surface area contributed by atoms with Gasteiger partial charge < -0.3 is 0 Å². The summed E-state index contributed by atoms with van der Waals surface area (Å²) in [5.74, 6) is -0.237. The Morgan fingerprint density at radius 1 is 0.923 bits per heavy atom. The molecule has 1 heterocycles. The Bertz CT molecular complexity index is 445. The lowest BCUT2D eigenvalue weighted by Gasteiger charge is -2.23. The Kier molecular flexibility index (Phi) is 11.5. The van der Waals surface area contributed by atoms with Gasteiger partial charge >= 0.3 is 0 Å². The van der Waals surface area contributed by atoms with E-state index in [4.69, 9.17) is 0 Å². The smallest absolute Gasteiger partial charge is 0.237 e. The molecule has 1 rings (SSSR count). The topological polar surface area (TPSA) is 54.5 Å². The molecular formula is C22H39NO3. The Morgan fingerprint density at radius 2 is 1.42 bits per heavy atom. The number of unbranched alkanes of at least 4 members (excludes halogenated alkanes) is 10. The van der Waals surface area contributed by atoms with Gasteiger partial charge in [0.15, 0.2) is 5.78 Å². The zero-order valence-electron chi connectivity index (χ0n) is 17.2. The number of hydrogen-bond acceptors (Lipinski definition) is 3. The molecule has 150 valence electrons. The summed E-state index contributed by atoms with van der Waals surface area (Å²) in [6, 6.07) is -0.511. The number of imide groups is 1. The van der Waals surface area contributed by atoms with Gasteiger partial charge in [-0.2, -0.15) is 0 Å². The monoisotopic (exact) mass is 365 g/mol. The summed E-state index contributed by atoms with van der Waals surface area (Å²) in [4.78, 5) is 37.7. The molecule has 2 amide bonds. The highest BCUT2D eigenvalue weighted by atomic mass is 16.2. The van der Waals surface area contributed by atoms with E-state index in [9.17, 15) is 14.4 Å². The molecule has 0 aromatic carbocycles. The van der Waals surface area contributed by atoms with E-state index in [0.717, 1.165) is 19.3 Å². The SMILES string of the molecule is CCCCCCCCCCCCCC(=O)N1C(=O)CC(=O)C1CC(C)C. The molecule has 0 N–H and O–H groups in total. The highest BCUT2D eigenvalue weighted by Gasteiger charge is 2.41. The average molecular weight is 366 g/mol. The molecular weight excluding hydrogens is 326 g/mol. The lowest BCUT2D eigenvalue weighted by Crippen LogP contribution is -2.41. The maximum Gasteiger partial charge on any atom is 0.237 e. The minimum atomic E-state index is -0.511. The zero-order valence-corrected chi connectivity index (χ0v) is 17.2. The van der Waals surface area contributed by atoms with E-state index in [2.05, 4.69) is 6.92 Å². The van der Waals surface area contributed by atoms with Gasteiger partial charge in [-0.25, -0.2) is 0 Å². The van der Waals surface area contributed by atoms with Crippen molar-refractivity contribution < 1.29 is 14.4 Å². The number of amides is 2. The van der Waals surface area contributed by atoms with Crippen LogP contribution in [0.25, 0.3) is 0 Å². The molecule has 0 aromatic rings. The van der Waals surface area contributed by atoms with Gasteiger partial charge in [0.2, 0.25) is 11.8 Å². The first kappa shape index (κ1) is 22.9. The van der Waals surface area contributed by atoms with Crippen LogP contribution >= 0.6 is 0 Å². The number of ketones is 1. The van der Waals surface area contributed by atoms with Crippen LogP contribution in [0, 0.1) is 5.92 Å². The molecule has 1 aliphatic rings. The molecule has 0 spiro atoms. The van der Waals surface area contributed by atoms with Crippen molar-refractivity contribution in [2.24, 2.45) is 5.92 Å². The molecule has 1 saturated heterocycles. The van der Waals surface area contributed by atoms with Gasteiger partial charge in [0.25, 0.3) is 0 Å². The van der Waals surface area contributed by atoms with Gasteiger partial charge in [-0.1, -0.05) is 85.0 Å². The second-order valence-electron chi connectivity index (χ2n) is 8.23. The first-order valence-corrected chi connectivity index (χ1v) is 10.8. The molecule has 0 radical (unpaired) electrons. The van der Waals surface area contributed by atoms with Gasteiger partial charge in [0.05, 0.1) is 12.5 Å². The molecule has 1 atom stereocenters. The summed E-state index contributed by atoms with van der Waals surface area (Å²) in [5, 5.41) is 0. The number of Topliss-reactive ketones (excluding diaryl/α,β-unsaturated/α-hetero) is 1. The summed E-state index contributed by atoms with van der Waals surface area (Å²) in [5.41, 5.74) is 0. The van der Waals surface area contributed by atoms with E-state index in [0.29, 0.717) is 18.8 Å². The number of rotatable bonds is 14. The normalized spacial score (nSPS) is 17.5. The fourth-order valence-electron chi connectivity index (χ4n) is 3.73. The predicted molar refractivity (Wildman–Crippen MR) is 106 cm³/mol. The van der Waals surface area contributed by atoms with Crippen LogP contribution in [0.4, 0.5) is 0 Å². The van der Waals surface area contributed by atoms with Gasteiger partial charge in [-0.3, -0.25) is 19.3 Å². The maximum absolute atomic E-state index is 12.4. The Hall–Kier alpha value is -1.19. The summed E-state index contributed by atoms with van der Waals surface area (Å²) < 4.78 is 0. The molecule has 1 unspecified atom stereocenters. The van der Waals surface area contributed by atoms with Crippen molar-refractivity contribution in [3.05, 3.63) is 0 Å². The lowest BCUT2D eigenvalue weighted by molar-refractivity contribution is -0.145. The fraction of sp³-hybridized carbons (Fsp3) is 0.864. The van der Waals surface area contributed by atoms with E-state index in [1.807, 2.05) is 13.8 Å². The number of likely N-dealkylation sites (tertiary alicyclic amines) is 1. The molecule has 0 aliphatic carbocycles. The Labute approximate surface area is 160 Å².